The quantitative estimate of drug-likeness (QED) is 0.856. The van der Waals surface area contributed by atoms with E-state index in [2.05, 4.69) is 9.97 Å². The summed E-state index contributed by atoms with van der Waals surface area (Å²) < 4.78 is 0. The van der Waals surface area contributed by atoms with Gasteiger partial charge in [-0.15, -0.1) is 0 Å². The van der Waals surface area contributed by atoms with E-state index in [0.717, 1.165) is 12.1 Å². The number of aryl methyl sites for hydroxylation is 1. The van der Waals surface area contributed by atoms with E-state index in [-0.39, 0.29) is 12.5 Å². The van der Waals surface area contributed by atoms with Gasteiger partial charge in [0.1, 0.15) is 5.69 Å². The Morgan fingerprint density at radius 2 is 2.24 bits per heavy atom. The van der Waals surface area contributed by atoms with Crippen molar-refractivity contribution in [2.24, 2.45) is 5.41 Å². The van der Waals surface area contributed by atoms with Gasteiger partial charge in [-0.05, 0) is 19.8 Å². The molecule has 2 rings (SSSR count). The molecule has 0 bridgehead atoms. The molecule has 0 radical (unpaired) electrons. The fourth-order valence-corrected chi connectivity index (χ4v) is 2.97. The summed E-state index contributed by atoms with van der Waals surface area (Å²) in [5.41, 5.74) is 0.442. The lowest BCUT2D eigenvalue weighted by atomic mass is 9.74. The van der Waals surface area contributed by atoms with Crippen LogP contribution in [0.25, 0.3) is 0 Å². The molecule has 1 aliphatic rings. The maximum atomic E-state index is 12.5. The van der Waals surface area contributed by atoms with E-state index in [9.17, 15) is 15.0 Å². The van der Waals surface area contributed by atoms with E-state index in [1.54, 1.807) is 11.1 Å². The number of aliphatic hydroxyl groups is 2. The molecule has 2 heterocycles. The van der Waals surface area contributed by atoms with Gasteiger partial charge in [0.25, 0.3) is 5.91 Å². The molecule has 2 N–H and O–H groups in total. The van der Waals surface area contributed by atoms with Crippen molar-refractivity contribution < 1.29 is 15.0 Å². The Hall–Kier alpha value is -1.53. The number of rotatable bonds is 4. The molecule has 6 nitrogen and oxygen atoms in total. The van der Waals surface area contributed by atoms with Crippen molar-refractivity contribution in [2.75, 3.05) is 19.7 Å². The monoisotopic (exact) mass is 293 g/mol. The van der Waals surface area contributed by atoms with Crippen LogP contribution < -0.4 is 0 Å². The normalized spacial score (nSPS) is 25.9. The summed E-state index contributed by atoms with van der Waals surface area (Å²) in [5, 5.41) is 20.0. The van der Waals surface area contributed by atoms with E-state index >= 15 is 0 Å². The van der Waals surface area contributed by atoms with Crippen molar-refractivity contribution >= 4 is 5.91 Å². The van der Waals surface area contributed by atoms with Crippen LogP contribution in [0, 0.1) is 12.3 Å². The number of aliphatic hydroxyl groups excluding tert-OH is 2. The number of nitrogens with zero attached hydrogens (tertiary/aromatic N) is 3. The second-order valence-electron chi connectivity index (χ2n) is 5.84. The molecular formula is C15H23N3O3. The summed E-state index contributed by atoms with van der Waals surface area (Å²) in [6, 6.07) is 0. The largest absolute Gasteiger partial charge is 0.396 e. The Balaban J connectivity index is 2.17. The second kappa shape index (κ2) is 6.49. The van der Waals surface area contributed by atoms with E-state index in [4.69, 9.17) is 0 Å². The molecule has 116 valence electrons. The molecule has 21 heavy (non-hydrogen) atoms. The third kappa shape index (κ3) is 3.22. The average molecular weight is 293 g/mol. The first-order valence-corrected chi connectivity index (χ1v) is 7.39. The van der Waals surface area contributed by atoms with Gasteiger partial charge in [0, 0.05) is 24.7 Å². The third-order valence-corrected chi connectivity index (χ3v) is 4.24. The van der Waals surface area contributed by atoms with Crippen molar-refractivity contribution in [3.8, 4) is 0 Å². The lowest BCUT2D eigenvalue weighted by Gasteiger charge is -2.45. The molecule has 0 unspecified atom stereocenters. The van der Waals surface area contributed by atoms with Crippen molar-refractivity contribution in [3.05, 3.63) is 23.8 Å². The lowest BCUT2D eigenvalue weighted by molar-refractivity contribution is -0.0721. The summed E-state index contributed by atoms with van der Waals surface area (Å²) in [6.45, 7) is 4.53. The van der Waals surface area contributed by atoms with Crippen molar-refractivity contribution in [1.82, 2.24) is 14.9 Å². The van der Waals surface area contributed by atoms with Gasteiger partial charge >= 0.3 is 0 Å². The van der Waals surface area contributed by atoms with Crippen LogP contribution >= 0.6 is 0 Å². The van der Waals surface area contributed by atoms with Crippen LogP contribution in [0.4, 0.5) is 0 Å². The molecule has 1 aromatic rings. The number of amides is 1. The van der Waals surface area contributed by atoms with E-state index in [0.29, 0.717) is 31.6 Å². The van der Waals surface area contributed by atoms with Gasteiger partial charge in [0.15, 0.2) is 0 Å². The molecule has 2 atom stereocenters. The van der Waals surface area contributed by atoms with Crippen LogP contribution in [0.2, 0.25) is 0 Å². The Morgan fingerprint density at radius 1 is 1.48 bits per heavy atom. The zero-order valence-corrected chi connectivity index (χ0v) is 12.6. The summed E-state index contributed by atoms with van der Waals surface area (Å²) in [5.74, 6) is -0.191. The predicted octanol–water partition coefficient (Wildman–Crippen LogP) is 0.771. The first-order chi connectivity index (χ1) is 10.0. The Kier molecular flexibility index (Phi) is 4.90. The van der Waals surface area contributed by atoms with Crippen LogP contribution in [-0.2, 0) is 0 Å². The average Bonchev–Trinajstić information content (AvgIpc) is 2.50. The fraction of sp³-hybridized carbons (Fsp3) is 0.667. The first-order valence-electron chi connectivity index (χ1n) is 7.39. The van der Waals surface area contributed by atoms with Crippen molar-refractivity contribution in [1.29, 1.82) is 0 Å². The number of hydrogen-bond acceptors (Lipinski definition) is 5. The summed E-state index contributed by atoms with van der Waals surface area (Å²) >= 11 is 0. The first kappa shape index (κ1) is 15.9. The van der Waals surface area contributed by atoms with Gasteiger partial charge in [-0.1, -0.05) is 13.3 Å². The standard InChI is InChI=1S/C15H23N3O3/c1-3-5-15(10-19)9-18(6-4-13(15)20)14(21)12-8-16-11(2)7-17-12/h7-8,13,19-20H,3-6,9-10H2,1-2H3/t13-,15+/m1/s1. The summed E-state index contributed by atoms with van der Waals surface area (Å²) in [4.78, 5) is 22.4. The maximum Gasteiger partial charge on any atom is 0.274 e. The van der Waals surface area contributed by atoms with Gasteiger partial charge in [0.05, 0.1) is 24.6 Å². The zero-order chi connectivity index (χ0) is 15.5. The van der Waals surface area contributed by atoms with Crippen molar-refractivity contribution in [3.63, 3.8) is 0 Å². The van der Waals surface area contributed by atoms with E-state index < -0.39 is 11.5 Å². The Morgan fingerprint density at radius 3 is 2.81 bits per heavy atom. The summed E-state index contributed by atoms with van der Waals surface area (Å²) in [7, 11) is 0. The molecule has 0 saturated carbocycles. The molecule has 0 spiro atoms. The minimum absolute atomic E-state index is 0.120. The second-order valence-corrected chi connectivity index (χ2v) is 5.84. The fourth-order valence-electron chi connectivity index (χ4n) is 2.97. The molecule has 1 saturated heterocycles. The van der Waals surface area contributed by atoms with Crippen LogP contribution in [0.15, 0.2) is 12.4 Å². The molecule has 1 aromatic heterocycles. The maximum absolute atomic E-state index is 12.5. The Labute approximate surface area is 124 Å². The molecule has 1 amide bonds. The molecule has 1 aliphatic heterocycles. The number of likely N-dealkylation sites (tertiary alicyclic amines) is 1. The van der Waals surface area contributed by atoms with Crippen LogP contribution in [0.3, 0.4) is 0 Å². The SMILES string of the molecule is CCC[C@@]1(CO)CN(C(=O)c2cnc(C)cn2)CC[C@H]1O. The van der Waals surface area contributed by atoms with E-state index in [1.165, 1.54) is 6.20 Å². The molecule has 6 heteroatoms. The van der Waals surface area contributed by atoms with Gasteiger partial charge in [-0.25, -0.2) is 4.98 Å². The number of carbonyl (C=O) groups is 1. The lowest BCUT2D eigenvalue weighted by Crippen LogP contribution is -2.55. The van der Waals surface area contributed by atoms with Crippen LogP contribution in [-0.4, -0.2) is 56.8 Å². The number of aromatic nitrogens is 2. The van der Waals surface area contributed by atoms with Gasteiger partial charge < -0.3 is 15.1 Å². The highest BCUT2D eigenvalue weighted by Gasteiger charge is 2.43. The zero-order valence-electron chi connectivity index (χ0n) is 12.6. The number of hydrogen-bond donors (Lipinski definition) is 2. The van der Waals surface area contributed by atoms with Gasteiger partial charge in [0.2, 0.25) is 0 Å². The minimum Gasteiger partial charge on any atom is -0.396 e. The van der Waals surface area contributed by atoms with Crippen molar-refractivity contribution in [2.45, 2.75) is 39.2 Å². The van der Waals surface area contributed by atoms with Crippen LogP contribution in [0.1, 0.15) is 42.4 Å². The molecule has 0 aromatic carbocycles. The molecule has 1 fully saturated rings. The number of carbonyl (C=O) groups excluding carboxylic acids is 1. The molecular weight excluding hydrogens is 270 g/mol. The topological polar surface area (TPSA) is 86.5 Å². The molecule has 0 aliphatic carbocycles. The minimum atomic E-state index is -0.624. The number of piperidine rings is 1. The highest BCUT2D eigenvalue weighted by atomic mass is 16.3. The smallest absolute Gasteiger partial charge is 0.274 e. The van der Waals surface area contributed by atoms with Crippen LogP contribution in [0.5, 0.6) is 0 Å². The highest BCUT2D eigenvalue weighted by Crippen LogP contribution is 2.35. The van der Waals surface area contributed by atoms with E-state index in [1.807, 2.05) is 13.8 Å². The predicted molar refractivity (Wildman–Crippen MR) is 77.7 cm³/mol. The summed E-state index contributed by atoms with van der Waals surface area (Å²) in [6.07, 6.45) is 4.49. The van der Waals surface area contributed by atoms with Gasteiger partial charge in [-0.3, -0.25) is 9.78 Å². The van der Waals surface area contributed by atoms with Gasteiger partial charge in [-0.2, -0.15) is 0 Å². The Bertz CT molecular complexity index is 491. The third-order valence-electron chi connectivity index (χ3n) is 4.24. The highest BCUT2D eigenvalue weighted by molar-refractivity contribution is 5.92.